The highest BCUT2D eigenvalue weighted by Crippen LogP contribution is 2.51. The van der Waals surface area contributed by atoms with Gasteiger partial charge in [-0.1, -0.05) is 29.8 Å². The van der Waals surface area contributed by atoms with Gasteiger partial charge in [-0.3, -0.25) is 13.9 Å². The molecule has 1 aromatic heterocycles. The van der Waals surface area contributed by atoms with Gasteiger partial charge in [0.05, 0.1) is 21.9 Å². The Morgan fingerprint density at radius 1 is 1.16 bits per heavy atom. The van der Waals surface area contributed by atoms with Crippen LogP contribution < -0.4 is 15.5 Å². The first kappa shape index (κ1) is 20.3. The van der Waals surface area contributed by atoms with E-state index >= 15 is 0 Å². The minimum Gasteiger partial charge on any atom is -0.351 e. The zero-order chi connectivity index (χ0) is 21.8. The van der Waals surface area contributed by atoms with Crippen molar-refractivity contribution in [1.29, 1.82) is 0 Å². The number of pyridine rings is 1. The number of nitrogens with two attached hydrogens (primary N) is 1. The summed E-state index contributed by atoms with van der Waals surface area (Å²) in [6.07, 6.45) is 0.336. The van der Waals surface area contributed by atoms with E-state index in [1.807, 2.05) is 49.4 Å². The Kier molecular flexibility index (Phi) is 4.90. The molecule has 1 fully saturated rings. The number of anilines is 2. The van der Waals surface area contributed by atoms with E-state index in [1.165, 1.54) is 0 Å². The summed E-state index contributed by atoms with van der Waals surface area (Å²) in [4.78, 5) is 22.0. The molecule has 31 heavy (non-hydrogen) atoms. The quantitative estimate of drug-likeness (QED) is 0.563. The molecule has 162 valence electrons. The standard InChI is InChI=1S/C23H26N4O3S/c1-15-6-7-19-18(10-15)20(27-14-17(24)11-23(27)28)12-22(25-19)26-8-9-31(29,30)21-5-3-2-4-16(21)13-26/h2-7,10,12,17,29-30H,8-9,11,13-14,24H2,1H3. The first-order chi connectivity index (χ1) is 14.8. The molecule has 0 bridgehead atoms. The van der Waals surface area contributed by atoms with Crippen LogP contribution in [0.25, 0.3) is 10.9 Å². The second-order valence-electron chi connectivity index (χ2n) is 8.39. The fraction of sp³-hybridized carbons (Fsp3) is 0.304. The molecule has 4 N–H and O–H groups in total. The van der Waals surface area contributed by atoms with Gasteiger partial charge in [0.1, 0.15) is 5.82 Å². The molecule has 0 saturated carbocycles. The van der Waals surface area contributed by atoms with E-state index in [4.69, 9.17) is 10.7 Å². The normalized spacial score (nSPS) is 21.8. The van der Waals surface area contributed by atoms with Crippen LogP contribution in [0.1, 0.15) is 17.5 Å². The fourth-order valence-corrected chi connectivity index (χ4v) is 5.99. The number of carbonyl (C=O) groups is 1. The number of aromatic nitrogens is 1. The Hall–Kier alpha value is -2.65. The van der Waals surface area contributed by atoms with Crippen molar-refractivity contribution < 1.29 is 13.9 Å². The van der Waals surface area contributed by atoms with Gasteiger partial charge < -0.3 is 15.5 Å². The maximum atomic E-state index is 12.7. The van der Waals surface area contributed by atoms with E-state index < -0.39 is 10.6 Å². The van der Waals surface area contributed by atoms with Crippen LogP contribution in [0.5, 0.6) is 0 Å². The maximum absolute atomic E-state index is 12.7. The Morgan fingerprint density at radius 3 is 2.74 bits per heavy atom. The lowest BCUT2D eigenvalue weighted by Crippen LogP contribution is -2.29. The number of rotatable bonds is 2. The van der Waals surface area contributed by atoms with E-state index in [9.17, 15) is 13.9 Å². The van der Waals surface area contributed by atoms with E-state index in [0.717, 1.165) is 27.7 Å². The Balaban J connectivity index is 1.63. The molecule has 1 atom stereocenters. The summed E-state index contributed by atoms with van der Waals surface area (Å²) in [5, 5.41) is 0.922. The highest BCUT2D eigenvalue weighted by Gasteiger charge is 2.31. The Bertz CT molecular complexity index is 1180. The SMILES string of the molecule is Cc1ccc2nc(N3CCS(O)(O)c4ccccc4C3)cc(N3CC(N)CC3=O)c2c1. The lowest BCUT2D eigenvalue weighted by Gasteiger charge is -2.32. The first-order valence-corrected chi connectivity index (χ1v) is 12.1. The van der Waals surface area contributed by atoms with Crippen LogP contribution in [-0.4, -0.2) is 44.9 Å². The molecular weight excluding hydrogens is 412 g/mol. The van der Waals surface area contributed by atoms with E-state index in [0.29, 0.717) is 36.8 Å². The molecule has 1 amide bonds. The molecule has 3 heterocycles. The lowest BCUT2D eigenvalue weighted by atomic mass is 10.1. The summed E-state index contributed by atoms with van der Waals surface area (Å²) in [5.41, 5.74) is 9.66. The van der Waals surface area contributed by atoms with Crippen LogP contribution in [-0.2, 0) is 11.3 Å². The summed E-state index contributed by atoms with van der Waals surface area (Å²) in [7, 11) is -2.86. The molecule has 2 aliphatic rings. The highest BCUT2D eigenvalue weighted by atomic mass is 32.3. The van der Waals surface area contributed by atoms with Crippen molar-refractivity contribution in [1.82, 2.24) is 4.98 Å². The molecule has 8 heteroatoms. The summed E-state index contributed by atoms with van der Waals surface area (Å²) < 4.78 is 21.4. The van der Waals surface area contributed by atoms with Gasteiger partial charge in [-0.2, -0.15) is 10.6 Å². The smallest absolute Gasteiger partial charge is 0.228 e. The van der Waals surface area contributed by atoms with Gasteiger partial charge in [-0.15, -0.1) is 0 Å². The molecule has 0 radical (unpaired) electrons. The summed E-state index contributed by atoms with van der Waals surface area (Å²) in [6, 6.07) is 15.2. The molecule has 1 unspecified atom stereocenters. The molecule has 7 nitrogen and oxygen atoms in total. The Labute approximate surface area is 182 Å². The fourth-order valence-electron chi connectivity index (χ4n) is 4.44. The number of nitrogens with zero attached hydrogens (tertiary/aromatic N) is 3. The second kappa shape index (κ2) is 7.49. The molecular formula is C23H26N4O3S. The maximum Gasteiger partial charge on any atom is 0.228 e. The largest absolute Gasteiger partial charge is 0.351 e. The van der Waals surface area contributed by atoms with E-state index in [1.54, 1.807) is 11.0 Å². The van der Waals surface area contributed by atoms with Crippen LogP contribution in [0.3, 0.4) is 0 Å². The van der Waals surface area contributed by atoms with Gasteiger partial charge in [0.2, 0.25) is 5.91 Å². The molecule has 2 aliphatic heterocycles. The summed E-state index contributed by atoms with van der Waals surface area (Å²) in [6.45, 7) is 3.47. The van der Waals surface area contributed by atoms with E-state index in [-0.39, 0.29) is 17.7 Å². The van der Waals surface area contributed by atoms with Crippen LogP contribution in [0.4, 0.5) is 11.5 Å². The minimum atomic E-state index is -2.86. The average molecular weight is 439 g/mol. The van der Waals surface area contributed by atoms with Crippen molar-refractivity contribution in [2.24, 2.45) is 5.73 Å². The predicted octanol–water partition coefficient (Wildman–Crippen LogP) is 3.74. The van der Waals surface area contributed by atoms with E-state index in [2.05, 4.69) is 4.90 Å². The summed E-state index contributed by atoms with van der Waals surface area (Å²) >= 11 is 0. The molecule has 1 saturated heterocycles. The van der Waals surface area contributed by atoms with Crippen molar-refractivity contribution in [3.63, 3.8) is 0 Å². The van der Waals surface area contributed by atoms with Crippen molar-refractivity contribution in [3.8, 4) is 0 Å². The number of carbonyl (C=O) groups excluding carboxylic acids is 1. The van der Waals surface area contributed by atoms with Crippen LogP contribution in [0.2, 0.25) is 0 Å². The van der Waals surface area contributed by atoms with Gasteiger partial charge in [-0.05, 0) is 30.7 Å². The third-order valence-electron chi connectivity index (χ3n) is 6.03. The number of benzene rings is 2. The number of amides is 1. The summed E-state index contributed by atoms with van der Waals surface area (Å²) in [5.74, 6) is 0.967. The zero-order valence-corrected chi connectivity index (χ0v) is 18.2. The first-order valence-electron chi connectivity index (χ1n) is 10.4. The predicted molar refractivity (Wildman–Crippen MR) is 125 cm³/mol. The molecule has 5 rings (SSSR count). The number of aryl methyl sites for hydroxylation is 1. The van der Waals surface area contributed by atoms with Gasteiger partial charge >= 0.3 is 0 Å². The highest BCUT2D eigenvalue weighted by molar-refractivity contribution is 8.24. The second-order valence-corrected chi connectivity index (χ2v) is 10.6. The van der Waals surface area contributed by atoms with Crippen molar-refractivity contribution in [2.45, 2.75) is 30.8 Å². The van der Waals surface area contributed by atoms with Gasteiger partial charge in [0, 0.05) is 43.5 Å². The Morgan fingerprint density at radius 2 is 1.97 bits per heavy atom. The van der Waals surface area contributed by atoms with Crippen LogP contribution >= 0.6 is 10.6 Å². The van der Waals surface area contributed by atoms with Crippen LogP contribution in [0, 0.1) is 6.92 Å². The molecule has 0 aliphatic carbocycles. The van der Waals surface area contributed by atoms with Gasteiger partial charge in [0.15, 0.2) is 0 Å². The third kappa shape index (κ3) is 3.65. The van der Waals surface area contributed by atoms with Crippen molar-refractivity contribution >= 4 is 38.9 Å². The number of hydrogen-bond acceptors (Lipinski definition) is 6. The zero-order valence-electron chi connectivity index (χ0n) is 17.4. The monoisotopic (exact) mass is 438 g/mol. The molecule has 0 spiro atoms. The van der Waals surface area contributed by atoms with Gasteiger partial charge in [0.25, 0.3) is 0 Å². The average Bonchev–Trinajstić information content (AvgIpc) is 3.00. The third-order valence-corrected chi connectivity index (χ3v) is 7.88. The number of hydrogen-bond donors (Lipinski definition) is 3. The van der Waals surface area contributed by atoms with Crippen molar-refractivity contribution in [2.75, 3.05) is 28.6 Å². The van der Waals surface area contributed by atoms with Crippen molar-refractivity contribution in [3.05, 3.63) is 59.7 Å². The van der Waals surface area contributed by atoms with Crippen LogP contribution in [0.15, 0.2) is 53.4 Å². The lowest BCUT2D eigenvalue weighted by molar-refractivity contribution is -0.117. The van der Waals surface area contributed by atoms with Gasteiger partial charge in [-0.25, -0.2) is 4.98 Å². The molecule has 2 aromatic carbocycles. The molecule has 3 aromatic rings. The topological polar surface area (TPSA) is 103 Å². The number of fused-ring (bicyclic) bond motifs is 2. The minimum absolute atomic E-state index is 0.0165.